The number of imide groups is 1. The molecule has 3 fully saturated rings. The van der Waals surface area contributed by atoms with Gasteiger partial charge in [0, 0.05) is 48.9 Å². The molecule has 3 N–H and O–H groups in total. The van der Waals surface area contributed by atoms with Gasteiger partial charge in [-0.25, -0.2) is 9.59 Å². The van der Waals surface area contributed by atoms with Gasteiger partial charge in [0.05, 0.1) is 6.04 Å². The van der Waals surface area contributed by atoms with Crippen molar-refractivity contribution in [2.75, 3.05) is 25.0 Å². The minimum absolute atomic E-state index is 0.0314. The number of anilines is 1. The minimum Gasteiger partial charge on any atom is -0.444 e. The molecule has 1 aliphatic carbocycles. The predicted octanol–water partition coefficient (Wildman–Crippen LogP) is 5.91. The molecule has 0 aromatic heterocycles. The first-order chi connectivity index (χ1) is 23.1. The van der Waals surface area contributed by atoms with Gasteiger partial charge >= 0.3 is 12.2 Å². The van der Waals surface area contributed by atoms with Crippen LogP contribution in [-0.4, -0.2) is 82.6 Å². The Morgan fingerprint density at radius 2 is 1.57 bits per heavy atom. The van der Waals surface area contributed by atoms with Gasteiger partial charge in [0.15, 0.2) is 0 Å². The Morgan fingerprint density at radius 3 is 2.20 bits per heavy atom. The number of amides is 5. The molecule has 4 aliphatic rings. The first-order valence-corrected chi connectivity index (χ1v) is 18.1. The Labute approximate surface area is 290 Å². The van der Waals surface area contributed by atoms with E-state index in [1.807, 2.05) is 59.7 Å². The second-order valence-electron chi connectivity index (χ2n) is 16.1. The smallest absolute Gasteiger partial charge is 0.410 e. The average Bonchev–Trinajstić information content (AvgIpc) is 3.30. The average molecular weight is 682 g/mol. The quantitative estimate of drug-likeness (QED) is 0.227. The number of fused-ring (bicyclic) bond motifs is 1. The lowest BCUT2D eigenvalue weighted by Crippen LogP contribution is -2.54. The van der Waals surface area contributed by atoms with Crippen molar-refractivity contribution < 1.29 is 33.4 Å². The van der Waals surface area contributed by atoms with Crippen molar-refractivity contribution in [3.63, 3.8) is 0 Å². The lowest BCUT2D eigenvalue weighted by atomic mass is 9.78. The van der Waals surface area contributed by atoms with Gasteiger partial charge in [-0.15, -0.1) is 0 Å². The highest BCUT2D eigenvalue weighted by Gasteiger charge is 2.49. The molecule has 0 unspecified atom stereocenters. The van der Waals surface area contributed by atoms with E-state index in [0.717, 1.165) is 69.2 Å². The van der Waals surface area contributed by atoms with Crippen LogP contribution in [0.2, 0.25) is 0 Å². The molecule has 12 nitrogen and oxygen atoms in total. The van der Waals surface area contributed by atoms with E-state index in [9.17, 15) is 24.0 Å². The zero-order valence-corrected chi connectivity index (χ0v) is 30.1. The minimum atomic E-state index is -0.723. The van der Waals surface area contributed by atoms with Gasteiger partial charge in [-0.05, 0) is 123 Å². The summed E-state index contributed by atoms with van der Waals surface area (Å²) >= 11 is 0. The Hall–Kier alpha value is -3.83. The van der Waals surface area contributed by atoms with Crippen molar-refractivity contribution in [2.24, 2.45) is 11.8 Å². The van der Waals surface area contributed by atoms with Crippen LogP contribution < -0.4 is 16.0 Å². The SMILES string of the molecule is CC(C)(C)OC(=O)NC1CCC([C@@H]2c3c(NCCCC4CCN(C(=O)OC(C)(C)C)CC4)cccc3C(=O)N2[C@@H]2CCC(=O)NC2=O)CC1. The fourth-order valence-electron chi connectivity index (χ4n) is 7.77. The molecule has 1 aromatic rings. The molecular weight excluding hydrogens is 626 g/mol. The monoisotopic (exact) mass is 681 g/mol. The van der Waals surface area contributed by atoms with Crippen LogP contribution in [0.5, 0.6) is 0 Å². The lowest BCUT2D eigenvalue weighted by molar-refractivity contribution is -0.137. The number of nitrogens with zero attached hydrogens (tertiary/aromatic N) is 2. The number of likely N-dealkylation sites (tertiary alicyclic amines) is 1. The molecule has 5 amide bonds. The van der Waals surface area contributed by atoms with Gasteiger partial charge in [-0.3, -0.25) is 19.7 Å². The molecule has 2 atom stereocenters. The largest absolute Gasteiger partial charge is 0.444 e. The van der Waals surface area contributed by atoms with Crippen LogP contribution in [-0.2, 0) is 19.1 Å². The predicted molar refractivity (Wildman–Crippen MR) is 185 cm³/mol. The molecule has 2 saturated heterocycles. The van der Waals surface area contributed by atoms with Crippen LogP contribution >= 0.6 is 0 Å². The summed E-state index contributed by atoms with van der Waals surface area (Å²) < 4.78 is 11.0. The number of hydrogen-bond acceptors (Lipinski definition) is 8. The zero-order valence-electron chi connectivity index (χ0n) is 30.1. The Morgan fingerprint density at radius 1 is 0.898 bits per heavy atom. The van der Waals surface area contributed by atoms with E-state index >= 15 is 0 Å². The van der Waals surface area contributed by atoms with Gasteiger partial charge in [0.1, 0.15) is 17.2 Å². The standard InChI is InChI=1S/C37H55N5O7/c1-36(2,3)48-34(46)39-25-14-12-24(13-15-25)31-30-26(33(45)42(31)28-16-17-29(43)40-32(28)44)10-7-11-27(30)38-20-8-9-23-18-21-41(22-19-23)35(47)49-37(4,5)6/h7,10-11,23-25,28,31,38H,8-9,12-22H2,1-6H3,(H,39,46)(H,40,43,44)/t24?,25?,28-,31-/m1/s1. The van der Waals surface area contributed by atoms with Crippen molar-refractivity contribution in [1.29, 1.82) is 0 Å². The van der Waals surface area contributed by atoms with Crippen molar-refractivity contribution in [3.05, 3.63) is 29.3 Å². The third-order valence-corrected chi connectivity index (χ3v) is 10.0. The van der Waals surface area contributed by atoms with Crippen molar-refractivity contribution >= 4 is 35.6 Å². The fraction of sp³-hybridized carbons (Fsp3) is 0.703. The van der Waals surface area contributed by atoms with Crippen LogP contribution in [0.4, 0.5) is 15.3 Å². The highest BCUT2D eigenvalue weighted by Crippen LogP contribution is 2.49. The summed E-state index contributed by atoms with van der Waals surface area (Å²) in [4.78, 5) is 67.7. The van der Waals surface area contributed by atoms with Crippen molar-refractivity contribution in [1.82, 2.24) is 20.4 Å². The first-order valence-electron chi connectivity index (χ1n) is 18.1. The van der Waals surface area contributed by atoms with Gasteiger partial charge in [0.2, 0.25) is 11.8 Å². The van der Waals surface area contributed by atoms with E-state index in [1.165, 1.54) is 0 Å². The molecule has 12 heteroatoms. The highest BCUT2D eigenvalue weighted by atomic mass is 16.6. The number of hydrogen-bond donors (Lipinski definition) is 3. The van der Waals surface area contributed by atoms with E-state index < -0.39 is 29.2 Å². The number of nitrogens with one attached hydrogen (secondary N) is 3. The maximum Gasteiger partial charge on any atom is 0.410 e. The summed E-state index contributed by atoms with van der Waals surface area (Å²) in [6.45, 7) is 13.3. The molecule has 5 rings (SSSR count). The number of carbonyl (C=O) groups excluding carboxylic acids is 5. The fourth-order valence-corrected chi connectivity index (χ4v) is 7.77. The maximum absolute atomic E-state index is 14.1. The Bertz CT molecular complexity index is 1400. The summed E-state index contributed by atoms with van der Waals surface area (Å²) in [7, 11) is 0. The summed E-state index contributed by atoms with van der Waals surface area (Å²) in [5, 5.41) is 9.10. The summed E-state index contributed by atoms with van der Waals surface area (Å²) in [5.41, 5.74) is 1.34. The van der Waals surface area contributed by atoms with Crippen LogP contribution in [0, 0.1) is 11.8 Å². The van der Waals surface area contributed by atoms with Gasteiger partial charge in [-0.2, -0.15) is 0 Å². The number of piperidine rings is 2. The highest BCUT2D eigenvalue weighted by molar-refractivity contribution is 6.06. The second kappa shape index (κ2) is 15.0. The van der Waals surface area contributed by atoms with E-state index in [4.69, 9.17) is 9.47 Å². The summed E-state index contributed by atoms with van der Waals surface area (Å²) in [6.07, 6.45) is 6.67. The van der Waals surface area contributed by atoms with Crippen molar-refractivity contribution in [3.8, 4) is 0 Å². The molecule has 270 valence electrons. The molecule has 3 aliphatic heterocycles. The number of ether oxygens (including phenoxy) is 2. The van der Waals surface area contributed by atoms with E-state index in [1.54, 1.807) is 9.80 Å². The van der Waals surface area contributed by atoms with E-state index in [0.29, 0.717) is 31.0 Å². The Balaban J connectivity index is 1.24. The maximum atomic E-state index is 14.1. The molecule has 0 radical (unpaired) electrons. The molecule has 1 saturated carbocycles. The first kappa shape index (κ1) is 36.5. The van der Waals surface area contributed by atoms with Crippen molar-refractivity contribution in [2.45, 2.75) is 135 Å². The third-order valence-electron chi connectivity index (χ3n) is 10.0. The molecule has 49 heavy (non-hydrogen) atoms. The number of rotatable bonds is 8. The van der Waals surface area contributed by atoms with E-state index in [2.05, 4.69) is 16.0 Å². The molecule has 0 spiro atoms. The molecule has 3 heterocycles. The molecule has 1 aromatic carbocycles. The van der Waals surface area contributed by atoms with Crippen LogP contribution in [0.1, 0.15) is 128 Å². The number of benzene rings is 1. The van der Waals surface area contributed by atoms with Gasteiger partial charge in [0.25, 0.3) is 5.91 Å². The van der Waals surface area contributed by atoms with Gasteiger partial charge in [-0.1, -0.05) is 6.07 Å². The van der Waals surface area contributed by atoms with Gasteiger partial charge < -0.3 is 29.9 Å². The molecule has 0 bridgehead atoms. The third kappa shape index (κ3) is 9.25. The topological polar surface area (TPSA) is 146 Å². The molecular formula is C37H55N5O7. The summed E-state index contributed by atoms with van der Waals surface area (Å²) in [5.74, 6) is -0.304. The van der Waals surface area contributed by atoms with E-state index in [-0.39, 0.29) is 42.3 Å². The zero-order chi connectivity index (χ0) is 35.5. The summed E-state index contributed by atoms with van der Waals surface area (Å²) in [6, 6.07) is 4.67. The Kier molecular flexibility index (Phi) is 11.1. The van der Waals surface area contributed by atoms with Crippen LogP contribution in [0.25, 0.3) is 0 Å². The normalized spacial score (nSPS) is 25.1. The number of alkyl carbamates (subject to hydrolysis) is 1. The second-order valence-corrected chi connectivity index (χ2v) is 16.1. The van der Waals surface area contributed by atoms with Crippen LogP contribution in [0.15, 0.2) is 18.2 Å². The van der Waals surface area contributed by atoms with Crippen LogP contribution in [0.3, 0.4) is 0 Å². The number of carbonyl (C=O) groups is 5. The lowest BCUT2D eigenvalue weighted by Gasteiger charge is -2.41.